The Balaban J connectivity index is 1.50. The number of likely N-dealkylation sites (tertiary alicyclic amines) is 1. The van der Waals surface area contributed by atoms with E-state index in [1.807, 2.05) is 36.4 Å². The van der Waals surface area contributed by atoms with Crippen molar-refractivity contribution in [1.82, 2.24) is 9.88 Å². The Kier molecular flexibility index (Phi) is 8.22. The van der Waals surface area contributed by atoms with E-state index in [1.54, 1.807) is 23.2 Å². The second-order valence-electron chi connectivity index (χ2n) is 8.85. The molecule has 2 aromatic carbocycles. The highest BCUT2D eigenvalue weighted by atomic mass is 16.6. The van der Waals surface area contributed by atoms with E-state index in [4.69, 9.17) is 15.2 Å². The van der Waals surface area contributed by atoms with Gasteiger partial charge < -0.3 is 25.1 Å². The van der Waals surface area contributed by atoms with Gasteiger partial charge in [0.15, 0.2) is 0 Å². The van der Waals surface area contributed by atoms with Gasteiger partial charge in [0, 0.05) is 36.4 Å². The van der Waals surface area contributed by atoms with E-state index in [1.165, 1.54) is 24.3 Å². The minimum atomic E-state index is -0.622. The lowest BCUT2D eigenvalue weighted by Gasteiger charge is -2.23. The van der Waals surface area contributed by atoms with E-state index in [0.29, 0.717) is 18.7 Å². The Morgan fingerprint density at radius 3 is 2.61 bits per heavy atom. The minimum absolute atomic E-state index is 0.112. The van der Waals surface area contributed by atoms with Crippen molar-refractivity contribution in [3.63, 3.8) is 0 Å². The van der Waals surface area contributed by atoms with Gasteiger partial charge in [-0.3, -0.25) is 10.1 Å². The van der Waals surface area contributed by atoms with Crippen molar-refractivity contribution >= 4 is 29.6 Å². The zero-order valence-corrected chi connectivity index (χ0v) is 20.6. The van der Waals surface area contributed by atoms with Gasteiger partial charge in [-0.2, -0.15) is 0 Å². The summed E-state index contributed by atoms with van der Waals surface area (Å²) in [4.78, 5) is 40.8. The number of carbonyl (C=O) groups excluding carboxylic acids is 2. The molecule has 0 spiro atoms. The summed E-state index contributed by atoms with van der Waals surface area (Å²) < 4.78 is 11.3. The van der Waals surface area contributed by atoms with Crippen LogP contribution in [0.5, 0.6) is 0 Å². The zero-order valence-electron chi connectivity index (χ0n) is 20.6. The molecule has 1 amide bonds. The Morgan fingerprint density at radius 2 is 1.92 bits per heavy atom. The van der Waals surface area contributed by atoms with E-state index in [-0.39, 0.29) is 30.4 Å². The molecule has 2 heterocycles. The molecule has 3 N–H and O–H groups in total. The van der Waals surface area contributed by atoms with E-state index in [9.17, 15) is 19.7 Å². The van der Waals surface area contributed by atoms with Crippen LogP contribution in [0.1, 0.15) is 33.5 Å². The third-order valence-corrected chi connectivity index (χ3v) is 6.30. The van der Waals surface area contributed by atoms with Crippen molar-refractivity contribution in [2.24, 2.45) is 0 Å². The lowest BCUT2D eigenvalue weighted by molar-refractivity contribution is -0.384. The van der Waals surface area contributed by atoms with Crippen LogP contribution in [0.25, 0.3) is 6.08 Å². The fourth-order valence-corrected chi connectivity index (χ4v) is 4.39. The lowest BCUT2D eigenvalue weighted by Crippen LogP contribution is -2.37. The highest BCUT2D eigenvalue weighted by molar-refractivity contribution is 5.89. The molecule has 4 rings (SSSR count). The average Bonchev–Trinajstić information content (AvgIpc) is 3.49. The Hall–Kier alpha value is -4.86. The van der Waals surface area contributed by atoms with Gasteiger partial charge >= 0.3 is 12.1 Å². The Bertz CT molecular complexity index is 1330. The van der Waals surface area contributed by atoms with Gasteiger partial charge in [-0.05, 0) is 29.7 Å². The number of hydrogen-bond acceptors (Lipinski definition) is 7. The average molecular weight is 517 g/mol. The monoisotopic (exact) mass is 516 g/mol. The van der Waals surface area contributed by atoms with Crippen molar-refractivity contribution in [3.8, 4) is 0 Å². The molecule has 0 aliphatic carbocycles. The highest BCUT2D eigenvalue weighted by Crippen LogP contribution is 2.29. The number of aromatic amines is 1. The van der Waals surface area contributed by atoms with Crippen molar-refractivity contribution in [1.29, 1.82) is 0 Å². The van der Waals surface area contributed by atoms with Crippen LogP contribution >= 0.6 is 0 Å². The Morgan fingerprint density at radius 1 is 1.18 bits per heavy atom. The first-order chi connectivity index (χ1) is 18.4. The zero-order chi connectivity index (χ0) is 27.1. The van der Waals surface area contributed by atoms with E-state index < -0.39 is 23.1 Å². The van der Waals surface area contributed by atoms with Gasteiger partial charge in [-0.1, -0.05) is 55.1 Å². The summed E-state index contributed by atoms with van der Waals surface area (Å²) in [5.74, 6) is -0.126. The molecule has 1 aliphatic heterocycles. The molecule has 1 fully saturated rings. The van der Waals surface area contributed by atoms with E-state index in [2.05, 4.69) is 11.6 Å². The number of nitro benzene ring substituents is 1. The van der Waals surface area contributed by atoms with Gasteiger partial charge in [-0.25, -0.2) is 9.59 Å². The summed E-state index contributed by atoms with van der Waals surface area (Å²) in [5.41, 5.74) is 8.71. The number of non-ortho nitro benzene ring substituents is 1. The predicted octanol–water partition coefficient (Wildman–Crippen LogP) is 4.88. The first-order valence-corrected chi connectivity index (χ1v) is 12.0. The van der Waals surface area contributed by atoms with Crippen LogP contribution in [0, 0.1) is 10.1 Å². The molecular formula is C28H28N4O6. The quantitative estimate of drug-likeness (QED) is 0.179. The smallest absolute Gasteiger partial charge is 0.410 e. The van der Waals surface area contributed by atoms with Crippen molar-refractivity contribution in [2.45, 2.75) is 31.6 Å². The third-order valence-electron chi connectivity index (χ3n) is 6.30. The maximum Gasteiger partial charge on any atom is 0.410 e. The van der Waals surface area contributed by atoms with Crippen molar-refractivity contribution in [3.05, 3.63) is 112 Å². The number of hydrogen-bond donors (Lipinski definition) is 2. The van der Waals surface area contributed by atoms with Gasteiger partial charge in [0.05, 0.1) is 17.0 Å². The largest absolute Gasteiger partial charge is 0.457 e. The summed E-state index contributed by atoms with van der Waals surface area (Å²) in [7, 11) is 0. The molecule has 1 aromatic heterocycles. The van der Waals surface area contributed by atoms with Crippen LogP contribution in [-0.4, -0.2) is 45.6 Å². The number of allylic oxidation sites excluding steroid dienone is 2. The van der Waals surface area contributed by atoms with Gasteiger partial charge in [-0.15, -0.1) is 0 Å². The number of benzene rings is 2. The standard InChI is InChI=1S/C28H28N4O6/c1-2-3-9-25-21(16-30-26(25)29)14-23-15-24(38-27(33)20-10-12-22(13-11-20)32(35)36)17-31(23)28(34)37-18-19-7-5-4-6-8-19/h2-13,16,23-24,30H,1,14-15,17-18,29H2/b9-3-/t23-,24+/m1/s1. The van der Waals surface area contributed by atoms with Gasteiger partial charge in [0.2, 0.25) is 0 Å². The molecule has 0 bridgehead atoms. The number of aromatic nitrogens is 1. The molecule has 10 nitrogen and oxygen atoms in total. The molecule has 3 aromatic rings. The first kappa shape index (κ1) is 26.2. The van der Waals surface area contributed by atoms with Gasteiger partial charge in [0.25, 0.3) is 5.69 Å². The van der Waals surface area contributed by atoms with Crippen LogP contribution in [-0.2, 0) is 22.5 Å². The fourth-order valence-electron chi connectivity index (χ4n) is 4.39. The molecule has 10 heteroatoms. The molecule has 0 saturated carbocycles. The number of esters is 1. The van der Waals surface area contributed by atoms with E-state index >= 15 is 0 Å². The minimum Gasteiger partial charge on any atom is -0.457 e. The number of nitro groups is 1. The number of nitrogens with one attached hydrogen (secondary N) is 1. The maximum atomic E-state index is 13.1. The maximum absolute atomic E-state index is 13.1. The summed E-state index contributed by atoms with van der Waals surface area (Å²) in [6, 6.07) is 14.2. The van der Waals surface area contributed by atoms with Crippen LogP contribution in [0.4, 0.5) is 16.3 Å². The third kappa shape index (κ3) is 6.28. The normalized spacial score (nSPS) is 16.9. The molecule has 38 heavy (non-hydrogen) atoms. The number of nitrogens with zero attached hydrogens (tertiary/aromatic N) is 2. The molecule has 1 saturated heterocycles. The number of rotatable bonds is 9. The second-order valence-corrected chi connectivity index (χ2v) is 8.85. The topological polar surface area (TPSA) is 141 Å². The van der Waals surface area contributed by atoms with Crippen LogP contribution in [0.2, 0.25) is 0 Å². The summed E-state index contributed by atoms with van der Waals surface area (Å²) in [6.45, 7) is 3.95. The lowest BCUT2D eigenvalue weighted by atomic mass is 10.0. The first-order valence-electron chi connectivity index (χ1n) is 12.0. The highest BCUT2D eigenvalue weighted by Gasteiger charge is 2.39. The van der Waals surface area contributed by atoms with Gasteiger partial charge in [0.1, 0.15) is 18.5 Å². The van der Waals surface area contributed by atoms with Crippen LogP contribution < -0.4 is 5.73 Å². The Labute approximate surface area is 219 Å². The number of H-pyrrole nitrogens is 1. The molecule has 1 aliphatic rings. The van der Waals surface area contributed by atoms with E-state index in [0.717, 1.165) is 16.7 Å². The molecular weight excluding hydrogens is 488 g/mol. The van der Waals surface area contributed by atoms with Crippen LogP contribution in [0.3, 0.4) is 0 Å². The summed E-state index contributed by atoms with van der Waals surface area (Å²) in [5, 5.41) is 10.9. The summed E-state index contributed by atoms with van der Waals surface area (Å²) >= 11 is 0. The molecule has 0 radical (unpaired) electrons. The predicted molar refractivity (Wildman–Crippen MR) is 142 cm³/mol. The van der Waals surface area contributed by atoms with Crippen LogP contribution in [0.15, 0.2) is 79.5 Å². The number of anilines is 1. The summed E-state index contributed by atoms with van der Waals surface area (Å²) in [6.07, 6.45) is 6.79. The van der Waals surface area contributed by atoms with Crippen molar-refractivity contribution < 1.29 is 24.0 Å². The molecule has 2 atom stereocenters. The number of nitrogen functional groups attached to an aromatic ring is 1. The van der Waals surface area contributed by atoms with Crippen molar-refractivity contribution in [2.75, 3.05) is 12.3 Å². The fraction of sp³-hybridized carbons (Fsp3) is 0.214. The number of carbonyl (C=O) groups is 2. The molecule has 196 valence electrons. The number of nitrogens with two attached hydrogens (primary N) is 1. The second kappa shape index (κ2) is 11.9. The molecule has 0 unspecified atom stereocenters. The SMILES string of the molecule is C=C/C=C\c1c(C[C@@H]2C[C@H](OC(=O)c3ccc([N+](=O)[O-])cc3)CN2C(=O)OCc2ccccc2)c[nH]c1N. The number of ether oxygens (including phenoxy) is 2. The number of amides is 1.